The average molecular weight is 749 g/mol. The largest absolute Gasteiger partial charge is 0.506 e. The maximum Gasteiger partial charge on any atom is 0.141 e. The van der Waals surface area contributed by atoms with E-state index in [9.17, 15) is 5.11 Å². The van der Waals surface area contributed by atoms with Gasteiger partial charge < -0.3 is 9.67 Å². The Bertz CT molecular complexity index is 1840. The molecule has 0 aliphatic rings. The summed E-state index contributed by atoms with van der Waals surface area (Å²) >= 11 is 0. The fourth-order valence-electron chi connectivity index (χ4n) is 5.32. The standard InChI is InChI=1S/C35H33N6O.Pt/c1-22(2)29-19-28(25-12-7-6-8-13-25)20-30(23(3)4)33(29)40-21-36-38-35(40)27-15-11-14-26(18-27)34-37-24(5)41(39-34)31-16-9-10-17-32(31)42;/h6-17,19-23,42H,1-5H3;/q-1;. The van der Waals surface area contributed by atoms with Gasteiger partial charge in [0.25, 0.3) is 0 Å². The zero-order chi connectivity index (χ0) is 29.4. The zero-order valence-electron chi connectivity index (χ0n) is 24.8. The first-order chi connectivity index (χ1) is 20.3. The number of phenols is 1. The van der Waals surface area contributed by atoms with Crippen molar-refractivity contribution in [2.24, 2.45) is 0 Å². The van der Waals surface area contributed by atoms with Gasteiger partial charge in [0.2, 0.25) is 0 Å². The van der Waals surface area contributed by atoms with Crippen LogP contribution in [0.3, 0.4) is 0 Å². The smallest absolute Gasteiger partial charge is 0.141 e. The van der Waals surface area contributed by atoms with Crippen LogP contribution in [0.4, 0.5) is 0 Å². The minimum atomic E-state index is 0. The Morgan fingerprint density at radius 1 is 0.767 bits per heavy atom. The third kappa shape index (κ3) is 5.82. The van der Waals surface area contributed by atoms with Crippen LogP contribution in [-0.2, 0) is 21.1 Å². The molecule has 6 aromatic rings. The number of rotatable bonds is 7. The summed E-state index contributed by atoms with van der Waals surface area (Å²) in [6, 6.07) is 31.6. The van der Waals surface area contributed by atoms with Gasteiger partial charge in [0.1, 0.15) is 35.2 Å². The fraction of sp³-hybridized carbons (Fsp3) is 0.200. The number of hydrogen-bond donors (Lipinski definition) is 1. The molecule has 0 bridgehead atoms. The van der Waals surface area contributed by atoms with Crippen LogP contribution in [0.25, 0.3) is 45.3 Å². The first-order valence-corrected chi connectivity index (χ1v) is 14.2. The molecule has 0 atom stereocenters. The molecule has 0 aliphatic carbocycles. The Hall–Kier alpha value is -4.35. The van der Waals surface area contributed by atoms with E-state index in [1.54, 1.807) is 23.1 Å². The molecule has 0 spiro atoms. The molecule has 2 aromatic heterocycles. The maximum atomic E-state index is 10.4. The van der Waals surface area contributed by atoms with E-state index in [4.69, 9.17) is 5.10 Å². The van der Waals surface area contributed by atoms with Crippen molar-refractivity contribution in [3.05, 3.63) is 114 Å². The van der Waals surface area contributed by atoms with Crippen molar-refractivity contribution in [1.29, 1.82) is 0 Å². The topological polar surface area (TPSA) is 81.7 Å². The monoisotopic (exact) mass is 748 g/mol. The third-order valence-corrected chi connectivity index (χ3v) is 7.46. The van der Waals surface area contributed by atoms with Gasteiger partial charge in [-0.15, -0.1) is 29.4 Å². The molecule has 0 fully saturated rings. The number of benzene rings is 4. The second kappa shape index (κ2) is 12.5. The molecule has 43 heavy (non-hydrogen) atoms. The number of aromatic hydroxyl groups is 1. The van der Waals surface area contributed by atoms with E-state index in [2.05, 4.69) is 89.9 Å². The number of aromatic nitrogens is 6. The molecule has 4 aromatic carbocycles. The van der Waals surface area contributed by atoms with Crippen LogP contribution in [-0.4, -0.2) is 34.6 Å². The van der Waals surface area contributed by atoms with Crippen LogP contribution in [0.2, 0.25) is 0 Å². The Balaban J connectivity index is 0.00000368. The zero-order valence-corrected chi connectivity index (χ0v) is 27.0. The quantitative estimate of drug-likeness (QED) is 0.168. The SMILES string of the molecule is Cc1nc(-c2[c-]c(-c3nncn3-c3c(C(C)C)cc(-c4ccccc4)cc3C(C)C)ccc2)nn1-c1ccccc1O.[Pt]. The minimum Gasteiger partial charge on any atom is -0.506 e. The van der Waals surface area contributed by atoms with Crippen LogP contribution in [0.5, 0.6) is 5.75 Å². The molecule has 220 valence electrons. The molecular formula is C35H33N6OPt-. The molecule has 6 rings (SSSR count). The van der Waals surface area contributed by atoms with Gasteiger partial charge in [-0.05, 0) is 65.3 Å². The van der Waals surface area contributed by atoms with Gasteiger partial charge in [0.15, 0.2) is 0 Å². The summed E-state index contributed by atoms with van der Waals surface area (Å²) in [7, 11) is 0. The first kappa shape index (κ1) is 30.1. The van der Waals surface area contributed by atoms with E-state index in [0.717, 1.165) is 16.8 Å². The van der Waals surface area contributed by atoms with Gasteiger partial charge in [0, 0.05) is 26.8 Å². The number of aryl methyl sites for hydroxylation is 1. The van der Waals surface area contributed by atoms with Gasteiger partial charge in [-0.3, -0.25) is 4.98 Å². The molecule has 0 aliphatic heterocycles. The van der Waals surface area contributed by atoms with Crippen LogP contribution < -0.4 is 0 Å². The van der Waals surface area contributed by atoms with E-state index in [1.807, 2.05) is 43.3 Å². The van der Waals surface area contributed by atoms with Crippen LogP contribution >= 0.6 is 0 Å². The maximum absolute atomic E-state index is 10.4. The van der Waals surface area contributed by atoms with Gasteiger partial charge >= 0.3 is 0 Å². The summed E-state index contributed by atoms with van der Waals surface area (Å²) in [4.78, 5) is 4.68. The van der Waals surface area contributed by atoms with Crippen molar-refractivity contribution in [1.82, 2.24) is 29.5 Å². The Morgan fingerprint density at radius 2 is 1.42 bits per heavy atom. The fourth-order valence-corrected chi connectivity index (χ4v) is 5.32. The molecule has 7 nitrogen and oxygen atoms in total. The van der Waals surface area contributed by atoms with Gasteiger partial charge in [-0.1, -0.05) is 81.3 Å². The summed E-state index contributed by atoms with van der Waals surface area (Å²) in [5.41, 5.74) is 8.07. The van der Waals surface area contributed by atoms with E-state index in [0.29, 0.717) is 23.2 Å². The number of nitrogens with zero attached hydrogens (tertiary/aromatic N) is 6. The molecule has 0 unspecified atom stereocenters. The van der Waals surface area contributed by atoms with E-state index >= 15 is 0 Å². The minimum absolute atomic E-state index is 0. The predicted molar refractivity (Wildman–Crippen MR) is 166 cm³/mol. The second-order valence-electron chi connectivity index (χ2n) is 11.1. The molecule has 2 heterocycles. The third-order valence-electron chi connectivity index (χ3n) is 7.46. The summed E-state index contributed by atoms with van der Waals surface area (Å²) in [6.45, 7) is 10.8. The summed E-state index contributed by atoms with van der Waals surface area (Å²) in [6.07, 6.45) is 1.79. The van der Waals surface area contributed by atoms with Crippen molar-refractivity contribution >= 4 is 0 Å². The van der Waals surface area contributed by atoms with Gasteiger partial charge in [-0.2, -0.15) is 10.2 Å². The van der Waals surface area contributed by atoms with Gasteiger partial charge in [0.05, 0.1) is 0 Å². The Labute approximate surface area is 266 Å². The molecule has 0 saturated carbocycles. The normalized spacial score (nSPS) is 11.2. The molecule has 1 N–H and O–H groups in total. The summed E-state index contributed by atoms with van der Waals surface area (Å²) < 4.78 is 3.74. The second-order valence-corrected chi connectivity index (χ2v) is 11.1. The molecule has 0 amide bonds. The molecule has 0 saturated heterocycles. The van der Waals surface area contributed by atoms with Crippen molar-refractivity contribution in [3.8, 4) is 51.0 Å². The number of phenolic OH excluding ortho intramolecular Hbond substituents is 1. The van der Waals surface area contributed by atoms with Crippen molar-refractivity contribution in [2.45, 2.75) is 46.5 Å². The average Bonchev–Trinajstić information content (AvgIpc) is 3.64. The number of hydrogen-bond acceptors (Lipinski definition) is 5. The van der Waals surface area contributed by atoms with Crippen LogP contribution in [0.15, 0.2) is 91.3 Å². The van der Waals surface area contributed by atoms with Crippen molar-refractivity contribution in [2.75, 3.05) is 0 Å². The Kier molecular flexibility index (Phi) is 8.74. The summed E-state index contributed by atoms with van der Waals surface area (Å²) in [5, 5.41) is 24.0. The van der Waals surface area contributed by atoms with E-state index < -0.39 is 0 Å². The van der Waals surface area contributed by atoms with E-state index in [-0.39, 0.29) is 38.7 Å². The Morgan fingerprint density at radius 3 is 2.09 bits per heavy atom. The van der Waals surface area contributed by atoms with E-state index in [1.165, 1.54) is 22.3 Å². The van der Waals surface area contributed by atoms with Crippen molar-refractivity contribution in [3.63, 3.8) is 0 Å². The van der Waals surface area contributed by atoms with Gasteiger partial charge in [-0.25, -0.2) is 4.68 Å². The van der Waals surface area contributed by atoms with Crippen LogP contribution in [0, 0.1) is 13.0 Å². The molecular weight excluding hydrogens is 716 g/mol. The van der Waals surface area contributed by atoms with Crippen LogP contribution in [0.1, 0.15) is 56.5 Å². The van der Waals surface area contributed by atoms with Crippen molar-refractivity contribution < 1.29 is 26.2 Å². The molecule has 0 radical (unpaired) electrons. The number of para-hydroxylation sites is 2. The summed E-state index contributed by atoms with van der Waals surface area (Å²) in [5.74, 6) is 2.57. The predicted octanol–water partition coefficient (Wildman–Crippen LogP) is 7.91. The molecule has 8 heteroatoms. The first-order valence-electron chi connectivity index (χ1n) is 14.2.